The second kappa shape index (κ2) is 21.6. The zero-order valence-corrected chi connectivity index (χ0v) is 39.0. The number of Topliss-reactive ketones (excluding diaryl/α,β-unsaturated/α-hetero) is 1. The fourth-order valence-corrected chi connectivity index (χ4v) is 9.98. The van der Waals surface area contributed by atoms with E-state index in [0.29, 0.717) is 37.3 Å². The van der Waals surface area contributed by atoms with Crippen molar-refractivity contribution in [2.75, 3.05) is 39.6 Å². The van der Waals surface area contributed by atoms with Crippen LogP contribution in [0.4, 0.5) is 10.6 Å². The average Bonchev–Trinajstić information content (AvgIpc) is 3.53. The van der Waals surface area contributed by atoms with Crippen molar-refractivity contribution >= 4 is 29.6 Å². The number of ketones is 1. The molecule has 350 valence electrons. The Labute approximate surface area is 373 Å². The maximum atomic E-state index is 14.9. The molecule has 5 heterocycles. The smallest absolute Gasteiger partial charge is 0.410 e. The molecular weight excluding hydrogens is 811 g/mol. The van der Waals surface area contributed by atoms with E-state index in [1.54, 1.807) is 51.1 Å². The van der Waals surface area contributed by atoms with E-state index in [0.717, 1.165) is 0 Å². The number of carbonyl (C=O) groups is 4. The third-order valence-corrected chi connectivity index (χ3v) is 13.5. The number of methoxy groups -OCH3 is 1. The Hall–Kier alpha value is -4.22. The molecule has 3 aliphatic heterocycles. The van der Waals surface area contributed by atoms with Crippen LogP contribution in [0, 0.1) is 23.7 Å². The van der Waals surface area contributed by atoms with Crippen molar-refractivity contribution in [3.05, 3.63) is 54.5 Å². The molecule has 0 spiro atoms. The predicted molar refractivity (Wildman–Crippen MR) is 234 cm³/mol. The number of nitrogens with one attached hydrogen (secondary N) is 1. The van der Waals surface area contributed by atoms with Crippen LogP contribution < -0.4 is 5.32 Å². The van der Waals surface area contributed by atoms with E-state index in [2.05, 4.69) is 15.3 Å². The highest BCUT2D eigenvalue weighted by Crippen LogP contribution is 2.44. The van der Waals surface area contributed by atoms with Gasteiger partial charge in [-0.3, -0.25) is 19.4 Å². The molecule has 0 radical (unpaired) electrons. The van der Waals surface area contributed by atoms with Crippen molar-refractivity contribution in [2.24, 2.45) is 23.7 Å². The molecule has 2 aromatic rings. The Morgan fingerprint density at radius 3 is 2.33 bits per heavy atom. The van der Waals surface area contributed by atoms with Crippen LogP contribution in [0.5, 0.6) is 0 Å². The van der Waals surface area contributed by atoms with Gasteiger partial charge in [-0.1, -0.05) is 39.8 Å². The molecule has 3 saturated heterocycles. The quantitative estimate of drug-likeness (QED) is 0.138. The van der Waals surface area contributed by atoms with E-state index >= 15 is 0 Å². The van der Waals surface area contributed by atoms with Gasteiger partial charge in [0.15, 0.2) is 11.9 Å². The summed E-state index contributed by atoms with van der Waals surface area (Å²) in [6, 6.07) is 9.89. The molecule has 5 rings (SSSR count). The van der Waals surface area contributed by atoms with Gasteiger partial charge in [-0.2, -0.15) is 0 Å². The summed E-state index contributed by atoms with van der Waals surface area (Å²) >= 11 is 0. The lowest BCUT2D eigenvalue weighted by Crippen LogP contribution is -2.61. The standard InChI is InChI=1S/C47H71N5O11/c1-12-35-47(8)41(52(45(57)63-47)25-17-24-50-36-19-14-16-23-49-36)30(4)38(54)28(2)27-46(7,58-11)42(62-44-39(55)34(51(9)10)26-29(3)59-44)31(5)40(32(6)43(56)60-35)61-37(53)21-20-33-18-13-15-22-48-33/h13-16,18-19,22-23,28-32,34-35,39-42,44,55H,12,17,20-21,24-27H2,1-11H3,(H,49,50)/t28-,29-,30+,31-,32-,34+,35-,39-,40-,41+,42-,44?,46-,47-/m1/s1. The first-order valence-corrected chi connectivity index (χ1v) is 22.5. The molecule has 3 fully saturated rings. The van der Waals surface area contributed by atoms with Crippen molar-refractivity contribution in [2.45, 2.75) is 154 Å². The number of aliphatic hydroxyl groups is 1. The van der Waals surface area contributed by atoms with Gasteiger partial charge in [0, 0.05) is 68.5 Å². The minimum atomic E-state index is -1.43. The first kappa shape index (κ1) is 49.8. The molecular formula is C47H71N5O11. The van der Waals surface area contributed by atoms with Crippen molar-refractivity contribution < 1.29 is 52.7 Å². The summed E-state index contributed by atoms with van der Waals surface area (Å²) in [4.78, 5) is 69.5. The first-order valence-electron chi connectivity index (χ1n) is 22.5. The third-order valence-electron chi connectivity index (χ3n) is 13.5. The highest BCUT2D eigenvalue weighted by atomic mass is 16.7. The van der Waals surface area contributed by atoms with E-state index in [-0.39, 0.29) is 43.7 Å². The Kier molecular flexibility index (Phi) is 17.1. The summed E-state index contributed by atoms with van der Waals surface area (Å²) in [6.07, 6.45) is -1.19. The number of hydrogen-bond acceptors (Lipinski definition) is 15. The minimum absolute atomic E-state index is 0.0223. The van der Waals surface area contributed by atoms with Gasteiger partial charge < -0.3 is 48.6 Å². The molecule has 2 N–H and O–H groups in total. The van der Waals surface area contributed by atoms with Crippen LogP contribution in [0.15, 0.2) is 48.8 Å². The molecule has 0 aliphatic carbocycles. The molecule has 16 nitrogen and oxygen atoms in total. The van der Waals surface area contributed by atoms with Gasteiger partial charge in [-0.25, -0.2) is 9.78 Å². The number of cyclic esters (lactones) is 1. The van der Waals surface area contributed by atoms with Crippen LogP contribution in [0.3, 0.4) is 0 Å². The van der Waals surface area contributed by atoms with Gasteiger partial charge in [0.2, 0.25) is 0 Å². The van der Waals surface area contributed by atoms with E-state index < -0.39 is 89.7 Å². The van der Waals surface area contributed by atoms with Gasteiger partial charge in [0.25, 0.3) is 0 Å². The summed E-state index contributed by atoms with van der Waals surface area (Å²) in [5.41, 5.74) is -2.01. The van der Waals surface area contributed by atoms with Crippen LogP contribution in [0.2, 0.25) is 0 Å². The third kappa shape index (κ3) is 11.5. The highest BCUT2D eigenvalue weighted by molar-refractivity contribution is 5.85. The Bertz CT molecular complexity index is 1820. The van der Waals surface area contributed by atoms with Gasteiger partial charge in [0.05, 0.1) is 36.2 Å². The van der Waals surface area contributed by atoms with E-state index in [9.17, 15) is 24.3 Å². The van der Waals surface area contributed by atoms with E-state index in [1.807, 2.05) is 77.0 Å². The summed E-state index contributed by atoms with van der Waals surface area (Å²) < 4.78 is 38.4. The van der Waals surface area contributed by atoms with Crippen LogP contribution in [0.1, 0.15) is 93.2 Å². The number of esters is 2. The lowest BCUT2D eigenvalue weighted by molar-refractivity contribution is -0.301. The number of carbonyl (C=O) groups excluding carboxylic acids is 4. The summed E-state index contributed by atoms with van der Waals surface area (Å²) in [6.45, 7) is 15.1. The number of pyridine rings is 2. The zero-order chi connectivity index (χ0) is 46.2. The monoisotopic (exact) mass is 882 g/mol. The molecule has 2 aromatic heterocycles. The van der Waals surface area contributed by atoms with Gasteiger partial charge in [0.1, 0.15) is 29.9 Å². The van der Waals surface area contributed by atoms with E-state index in [4.69, 9.17) is 28.4 Å². The summed E-state index contributed by atoms with van der Waals surface area (Å²) in [5, 5.41) is 15.0. The molecule has 16 heteroatoms. The van der Waals surface area contributed by atoms with Crippen LogP contribution >= 0.6 is 0 Å². The summed E-state index contributed by atoms with van der Waals surface area (Å²) in [5.74, 6) is -4.03. The van der Waals surface area contributed by atoms with Gasteiger partial charge in [-0.15, -0.1) is 0 Å². The average molecular weight is 882 g/mol. The maximum absolute atomic E-state index is 14.9. The molecule has 3 aliphatic rings. The lowest BCUT2D eigenvalue weighted by atomic mass is 9.73. The number of anilines is 1. The topological polar surface area (TPSA) is 188 Å². The Balaban J connectivity index is 1.55. The van der Waals surface area contributed by atoms with Crippen molar-refractivity contribution in [3.63, 3.8) is 0 Å². The highest BCUT2D eigenvalue weighted by Gasteiger charge is 2.60. The zero-order valence-electron chi connectivity index (χ0n) is 39.0. The fourth-order valence-electron chi connectivity index (χ4n) is 9.98. The maximum Gasteiger partial charge on any atom is 0.410 e. The number of aliphatic hydroxyl groups excluding tert-OH is 1. The van der Waals surface area contributed by atoms with Gasteiger partial charge >= 0.3 is 18.0 Å². The number of likely N-dealkylation sites (N-methyl/N-ethyl adjacent to an activating group) is 1. The predicted octanol–water partition coefficient (Wildman–Crippen LogP) is 5.46. The van der Waals surface area contributed by atoms with Gasteiger partial charge in [-0.05, 0) is 91.7 Å². The molecule has 0 saturated carbocycles. The molecule has 1 amide bonds. The molecule has 0 aromatic carbocycles. The number of fused-ring (bicyclic) bond motifs is 1. The van der Waals surface area contributed by atoms with Crippen LogP contribution in [-0.2, 0) is 49.2 Å². The number of ether oxygens (including phenoxy) is 6. The largest absolute Gasteiger partial charge is 0.461 e. The second-order valence-corrected chi connectivity index (χ2v) is 18.4. The molecule has 63 heavy (non-hydrogen) atoms. The molecule has 14 atom stereocenters. The fraction of sp³-hybridized carbons (Fsp3) is 0.702. The number of aromatic nitrogens is 2. The summed E-state index contributed by atoms with van der Waals surface area (Å²) in [7, 11) is 5.29. The molecule has 0 bridgehead atoms. The molecule has 1 unspecified atom stereocenters. The van der Waals surface area contributed by atoms with Crippen LogP contribution in [-0.4, -0.2) is 143 Å². The van der Waals surface area contributed by atoms with Crippen LogP contribution in [0.25, 0.3) is 0 Å². The minimum Gasteiger partial charge on any atom is -0.461 e. The first-order chi connectivity index (χ1) is 29.8. The number of nitrogens with zero attached hydrogens (tertiary/aromatic N) is 4. The number of rotatable bonds is 14. The number of amides is 1. The lowest BCUT2D eigenvalue weighted by Gasteiger charge is -2.48. The Morgan fingerprint density at radius 2 is 1.71 bits per heavy atom. The number of hydrogen-bond donors (Lipinski definition) is 2. The van der Waals surface area contributed by atoms with Crippen molar-refractivity contribution in [1.29, 1.82) is 0 Å². The normalized spacial score (nSPS) is 35.6. The van der Waals surface area contributed by atoms with E-state index in [1.165, 1.54) is 7.11 Å². The second-order valence-electron chi connectivity index (χ2n) is 18.4. The van der Waals surface area contributed by atoms with Crippen molar-refractivity contribution in [1.82, 2.24) is 19.8 Å². The Morgan fingerprint density at radius 1 is 1.02 bits per heavy atom. The number of aryl methyl sites for hydroxylation is 1. The van der Waals surface area contributed by atoms with Crippen molar-refractivity contribution in [3.8, 4) is 0 Å². The SMILES string of the molecule is CC[C@H]1OC(=O)[C@H](C)[C@H](OC(=O)CCc2ccccn2)[C@@H](C)[C@@H](OC2O[C@H](C)C[C@H](N(C)C)[C@H]2O)[C@](C)(OC)C[C@@H](C)C(=O)[C@H](C)[C@@H]2N(CCCNc3ccccn3)C(=O)O[C@@]21C.